The summed E-state index contributed by atoms with van der Waals surface area (Å²) in [5.41, 5.74) is 2.78. The van der Waals surface area contributed by atoms with Gasteiger partial charge in [0.1, 0.15) is 0 Å². The average Bonchev–Trinajstić information content (AvgIpc) is 3.01. The van der Waals surface area contributed by atoms with Crippen molar-refractivity contribution in [2.24, 2.45) is 4.99 Å². The molecule has 1 saturated heterocycles. The smallest absolute Gasteiger partial charge is 0.0895 e. The molecule has 2 aliphatic rings. The Morgan fingerprint density at radius 2 is 2.29 bits per heavy atom. The summed E-state index contributed by atoms with van der Waals surface area (Å²) in [5, 5.41) is 3.57. The fourth-order valence-electron chi connectivity index (χ4n) is 2.72. The Labute approximate surface area is 103 Å². The van der Waals surface area contributed by atoms with E-state index in [-0.39, 0.29) is 0 Å². The summed E-state index contributed by atoms with van der Waals surface area (Å²) >= 11 is 0. The summed E-state index contributed by atoms with van der Waals surface area (Å²) in [4.78, 5) is 6.57. The van der Waals surface area contributed by atoms with E-state index in [2.05, 4.69) is 39.5 Å². The van der Waals surface area contributed by atoms with Crippen LogP contribution in [0.1, 0.15) is 18.4 Å². The lowest BCUT2D eigenvalue weighted by molar-refractivity contribution is 0.603. The highest BCUT2D eigenvalue weighted by Crippen LogP contribution is 2.23. The lowest BCUT2D eigenvalue weighted by Gasteiger charge is -2.20. The molecular weight excluding hydrogens is 210 g/mol. The lowest BCUT2D eigenvalue weighted by Crippen LogP contribution is -2.26. The molecule has 3 rings (SSSR count). The number of hydrogen-bond donors (Lipinski definition) is 1. The maximum atomic E-state index is 4.30. The molecule has 3 heteroatoms. The molecular formula is C14H19N3. The van der Waals surface area contributed by atoms with Crippen LogP contribution in [-0.4, -0.2) is 32.0 Å². The van der Waals surface area contributed by atoms with Gasteiger partial charge < -0.3 is 10.2 Å². The van der Waals surface area contributed by atoms with E-state index >= 15 is 0 Å². The maximum Gasteiger partial charge on any atom is 0.0895 e. The van der Waals surface area contributed by atoms with Gasteiger partial charge >= 0.3 is 0 Å². The molecule has 1 unspecified atom stereocenters. The highest BCUT2D eigenvalue weighted by Gasteiger charge is 2.18. The first kappa shape index (κ1) is 10.8. The monoisotopic (exact) mass is 229 g/mol. The minimum Gasteiger partial charge on any atom is -0.331 e. The van der Waals surface area contributed by atoms with E-state index < -0.39 is 0 Å². The minimum absolute atomic E-state index is 0.663. The molecule has 0 amide bonds. The summed E-state index contributed by atoms with van der Waals surface area (Å²) in [7, 11) is 0. The van der Waals surface area contributed by atoms with Crippen molar-refractivity contribution in [1.29, 1.82) is 0 Å². The molecule has 0 aliphatic carbocycles. The summed E-state index contributed by atoms with van der Waals surface area (Å²) in [6.45, 7) is 3.13. The predicted octanol–water partition coefficient (Wildman–Crippen LogP) is 1.83. The third kappa shape index (κ3) is 2.34. The van der Waals surface area contributed by atoms with E-state index in [4.69, 9.17) is 0 Å². The summed E-state index contributed by atoms with van der Waals surface area (Å²) in [5.74, 6) is 0. The summed E-state index contributed by atoms with van der Waals surface area (Å²) < 4.78 is 0. The predicted molar refractivity (Wildman–Crippen MR) is 71.9 cm³/mol. The Balaban J connectivity index is 1.79. The van der Waals surface area contributed by atoms with Gasteiger partial charge in [0.05, 0.1) is 12.9 Å². The van der Waals surface area contributed by atoms with Crippen LogP contribution in [0.5, 0.6) is 0 Å². The van der Waals surface area contributed by atoms with Crippen LogP contribution < -0.4 is 10.2 Å². The molecule has 0 bridgehead atoms. The van der Waals surface area contributed by atoms with Crippen molar-refractivity contribution in [3.63, 3.8) is 0 Å². The molecule has 2 heterocycles. The van der Waals surface area contributed by atoms with Crippen LogP contribution in [0.25, 0.3) is 0 Å². The molecule has 1 aromatic rings. The fraction of sp³-hybridized carbons (Fsp3) is 0.500. The molecule has 1 fully saturated rings. The number of nitrogens with zero attached hydrogens (tertiary/aromatic N) is 2. The Morgan fingerprint density at radius 1 is 1.35 bits per heavy atom. The van der Waals surface area contributed by atoms with Gasteiger partial charge in [-0.1, -0.05) is 18.2 Å². The van der Waals surface area contributed by atoms with E-state index in [0.717, 1.165) is 19.5 Å². The van der Waals surface area contributed by atoms with Crippen molar-refractivity contribution >= 4 is 12.0 Å². The van der Waals surface area contributed by atoms with Crippen molar-refractivity contribution in [2.75, 3.05) is 24.5 Å². The highest BCUT2D eigenvalue weighted by molar-refractivity contribution is 5.82. The third-order valence-corrected chi connectivity index (χ3v) is 3.62. The number of aliphatic imine (C=N–C) groups is 1. The largest absolute Gasteiger partial charge is 0.331 e. The van der Waals surface area contributed by atoms with E-state index in [1.165, 1.54) is 30.6 Å². The number of para-hydroxylation sites is 1. The number of rotatable bonds is 3. The second-order valence-electron chi connectivity index (χ2n) is 4.84. The fourth-order valence-corrected chi connectivity index (χ4v) is 2.72. The summed E-state index contributed by atoms with van der Waals surface area (Å²) in [6.07, 6.45) is 5.74. The van der Waals surface area contributed by atoms with Gasteiger partial charge in [-0.3, -0.25) is 4.99 Å². The van der Waals surface area contributed by atoms with Crippen molar-refractivity contribution in [1.82, 2.24) is 5.32 Å². The van der Waals surface area contributed by atoms with Crippen LogP contribution in [0.3, 0.4) is 0 Å². The lowest BCUT2D eigenvalue weighted by atomic mass is 10.0. The van der Waals surface area contributed by atoms with Crippen LogP contribution >= 0.6 is 0 Å². The zero-order chi connectivity index (χ0) is 11.5. The van der Waals surface area contributed by atoms with E-state index in [9.17, 15) is 0 Å². The minimum atomic E-state index is 0.663. The van der Waals surface area contributed by atoms with Gasteiger partial charge in [-0.25, -0.2) is 0 Å². The molecule has 1 atom stereocenters. The molecule has 1 N–H and O–H groups in total. The molecule has 2 aliphatic heterocycles. The first-order valence-electron chi connectivity index (χ1n) is 6.51. The summed E-state index contributed by atoms with van der Waals surface area (Å²) in [6, 6.07) is 9.38. The van der Waals surface area contributed by atoms with Crippen LogP contribution in [0.4, 0.5) is 5.69 Å². The molecule has 3 nitrogen and oxygen atoms in total. The number of anilines is 1. The molecule has 0 spiro atoms. The highest BCUT2D eigenvalue weighted by atomic mass is 15.2. The van der Waals surface area contributed by atoms with Gasteiger partial charge in [0.2, 0.25) is 0 Å². The van der Waals surface area contributed by atoms with Gasteiger partial charge in [0, 0.05) is 18.3 Å². The zero-order valence-electron chi connectivity index (χ0n) is 10.1. The number of nitrogens with one attached hydrogen (secondary N) is 1. The van der Waals surface area contributed by atoms with E-state index in [1.54, 1.807) is 0 Å². The molecule has 1 aromatic carbocycles. The van der Waals surface area contributed by atoms with Crippen molar-refractivity contribution in [2.45, 2.75) is 25.3 Å². The van der Waals surface area contributed by atoms with Crippen LogP contribution in [0, 0.1) is 0 Å². The molecule has 0 radical (unpaired) electrons. The Bertz CT molecular complexity index is 408. The van der Waals surface area contributed by atoms with Gasteiger partial charge in [0.15, 0.2) is 0 Å². The normalized spacial score (nSPS) is 23.5. The zero-order valence-corrected chi connectivity index (χ0v) is 10.1. The Morgan fingerprint density at radius 3 is 3.06 bits per heavy atom. The molecule has 0 aromatic heterocycles. The number of benzene rings is 1. The quantitative estimate of drug-likeness (QED) is 0.856. The average molecular weight is 229 g/mol. The van der Waals surface area contributed by atoms with Gasteiger partial charge in [-0.15, -0.1) is 0 Å². The van der Waals surface area contributed by atoms with E-state index in [1.807, 2.05) is 6.34 Å². The van der Waals surface area contributed by atoms with Crippen molar-refractivity contribution < 1.29 is 0 Å². The van der Waals surface area contributed by atoms with E-state index in [0.29, 0.717) is 6.04 Å². The third-order valence-electron chi connectivity index (χ3n) is 3.62. The van der Waals surface area contributed by atoms with Gasteiger partial charge in [-0.05, 0) is 37.4 Å². The topological polar surface area (TPSA) is 27.6 Å². The molecule has 0 saturated carbocycles. The van der Waals surface area contributed by atoms with Crippen LogP contribution in [0.15, 0.2) is 29.3 Å². The Kier molecular flexibility index (Phi) is 3.10. The second-order valence-corrected chi connectivity index (χ2v) is 4.84. The van der Waals surface area contributed by atoms with Crippen molar-refractivity contribution in [3.05, 3.63) is 29.8 Å². The van der Waals surface area contributed by atoms with Gasteiger partial charge in [-0.2, -0.15) is 0 Å². The first-order valence-corrected chi connectivity index (χ1v) is 6.51. The Hall–Kier alpha value is -1.35. The second kappa shape index (κ2) is 4.88. The molecule has 17 heavy (non-hydrogen) atoms. The maximum absolute atomic E-state index is 4.30. The first-order chi connectivity index (χ1) is 8.43. The van der Waals surface area contributed by atoms with Crippen molar-refractivity contribution in [3.8, 4) is 0 Å². The van der Waals surface area contributed by atoms with Gasteiger partial charge in [0.25, 0.3) is 0 Å². The number of hydrogen-bond acceptors (Lipinski definition) is 3. The molecule has 90 valence electrons. The van der Waals surface area contributed by atoms with Crippen LogP contribution in [0.2, 0.25) is 0 Å². The SMILES string of the molecule is C1=NCCN1c1ccccc1CC1CCCN1. The van der Waals surface area contributed by atoms with Crippen LogP contribution in [-0.2, 0) is 6.42 Å². The standard InChI is InChI=1S/C14H19N3/c1-2-6-14(17-9-8-15-11-17)12(4-1)10-13-5-3-7-16-13/h1-2,4,6,11,13,16H,3,5,7-10H2.